The average molecular weight is 317 g/mol. The molecule has 0 radical (unpaired) electrons. The van der Waals surface area contributed by atoms with Gasteiger partial charge in [0.1, 0.15) is 0 Å². The van der Waals surface area contributed by atoms with Gasteiger partial charge in [-0.25, -0.2) is 4.98 Å². The molecule has 1 aromatic heterocycles. The first-order valence-corrected chi connectivity index (χ1v) is 8.43. The first-order chi connectivity index (χ1) is 10.7. The third kappa shape index (κ3) is 3.11. The first-order valence-electron chi connectivity index (χ1n) is 7.61. The van der Waals surface area contributed by atoms with Crippen LogP contribution in [0.5, 0.6) is 0 Å². The molecule has 1 aromatic carbocycles. The number of carbonyl (C=O) groups is 2. The Hall–Kier alpha value is -1.95. The van der Waals surface area contributed by atoms with Crippen LogP contribution in [0.3, 0.4) is 0 Å². The lowest BCUT2D eigenvalue weighted by Crippen LogP contribution is -2.29. The van der Waals surface area contributed by atoms with Crippen molar-refractivity contribution in [3.05, 3.63) is 24.3 Å². The number of nitrogens with one attached hydrogen (secondary N) is 1. The van der Waals surface area contributed by atoms with Crippen LogP contribution in [0.25, 0.3) is 10.2 Å². The van der Waals surface area contributed by atoms with Gasteiger partial charge in [0.25, 0.3) is 0 Å². The summed E-state index contributed by atoms with van der Waals surface area (Å²) >= 11 is 1.46. The van der Waals surface area contributed by atoms with E-state index in [9.17, 15) is 9.59 Å². The summed E-state index contributed by atoms with van der Waals surface area (Å²) in [7, 11) is 0. The summed E-state index contributed by atoms with van der Waals surface area (Å²) in [6.45, 7) is 3.37. The Balaban J connectivity index is 1.63. The number of carbonyl (C=O) groups excluding carboxylic acids is 2. The number of likely N-dealkylation sites (tertiary alicyclic amines) is 1. The SMILES string of the molecule is CCCCN1C[C@@H](C(=O)Nc2nc3ccccc3s2)CC1=O. The van der Waals surface area contributed by atoms with Crippen LogP contribution in [-0.4, -0.2) is 34.8 Å². The zero-order chi connectivity index (χ0) is 15.5. The lowest BCUT2D eigenvalue weighted by molar-refractivity contribution is -0.128. The molecule has 22 heavy (non-hydrogen) atoms. The third-order valence-corrected chi connectivity index (χ3v) is 4.84. The minimum absolute atomic E-state index is 0.0814. The predicted octanol–water partition coefficient (Wildman–Crippen LogP) is 2.88. The largest absolute Gasteiger partial charge is 0.342 e. The molecule has 116 valence electrons. The molecule has 1 aliphatic rings. The molecule has 2 amide bonds. The fourth-order valence-electron chi connectivity index (χ4n) is 2.65. The molecule has 1 aliphatic heterocycles. The molecule has 0 unspecified atom stereocenters. The zero-order valence-corrected chi connectivity index (χ0v) is 13.4. The van der Waals surface area contributed by atoms with Crippen molar-refractivity contribution in [2.24, 2.45) is 5.92 Å². The lowest BCUT2D eigenvalue weighted by atomic mass is 10.1. The van der Waals surface area contributed by atoms with Gasteiger partial charge in [-0.15, -0.1) is 0 Å². The van der Waals surface area contributed by atoms with Gasteiger partial charge < -0.3 is 10.2 Å². The molecule has 1 atom stereocenters. The van der Waals surface area contributed by atoms with Crippen molar-refractivity contribution in [3.8, 4) is 0 Å². The van der Waals surface area contributed by atoms with Crippen LogP contribution in [0.1, 0.15) is 26.2 Å². The highest BCUT2D eigenvalue weighted by Gasteiger charge is 2.34. The van der Waals surface area contributed by atoms with Gasteiger partial charge >= 0.3 is 0 Å². The molecule has 5 nitrogen and oxygen atoms in total. The molecule has 0 aliphatic carbocycles. The summed E-state index contributed by atoms with van der Waals surface area (Å²) in [5.74, 6) is -0.291. The number of hydrogen-bond donors (Lipinski definition) is 1. The number of thiazole rings is 1. The van der Waals surface area contributed by atoms with Gasteiger partial charge in [-0.3, -0.25) is 9.59 Å². The van der Waals surface area contributed by atoms with Crippen molar-refractivity contribution in [2.45, 2.75) is 26.2 Å². The van der Waals surface area contributed by atoms with Crippen LogP contribution < -0.4 is 5.32 Å². The third-order valence-electron chi connectivity index (χ3n) is 3.89. The van der Waals surface area contributed by atoms with Gasteiger partial charge in [0.15, 0.2) is 5.13 Å². The van der Waals surface area contributed by atoms with Crippen molar-refractivity contribution >= 4 is 38.5 Å². The topological polar surface area (TPSA) is 62.3 Å². The van der Waals surface area contributed by atoms with E-state index in [0.717, 1.165) is 29.6 Å². The summed E-state index contributed by atoms with van der Waals surface area (Å²) in [6.07, 6.45) is 2.34. The molecule has 0 bridgehead atoms. The van der Waals surface area contributed by atoms with E-state index in [1.54, 1.807) is 4.90 Å². The summed E-state index contributed by atoms with van der Waals surface area (Å²) < 4.78 is 1.05. The number of fused-ring (bicyclic) bond motifs is 1. The fourth-order valence-corrected chi connectivity index (χ4v) is 3.51. The summed E-state index contributed by atoms with van der Waals surface area (Å²) in [5, 5.41) is 3.46. The quantitative estimate of drug-likeness (QED) is 0.922. The second kappa shape index (κ2) is 6.44. The summed E-state index contributed by atoms with van der Waals surface area (Å²) in [6, 6.07) is 7.78. The number of hydrogen-bond acceptors (Lipinski definition) is 4. The molecule has 2 aromatic rings. The number of amides is 2. The Morgan fingerprint density at radius 1 is 1.45 bits per heavy atom. The van der Waals surface area contributed by atoms with E-state index >= 15 is 0 Å². The fraction of sp³-hybridized carbons (Fsp3) is 0.438. The van der Waals surface area contributed by atoms with E-state index in [1.165, 1.54) is 11.3 Å². The Morgan fingerprint density at radius 3 is 3.05 bits per heavy atom. The number of aromatic nitrogens is 1. The average Bonchev–Trinajstić information content (AvgIpc) is 3.08. The first kappa shape index (κ1) is 15.0. The van der Waals surface area contributed by atoms with Gasteiger partial charge in [-0.2, -0.15) is 0 Å². The Kier molecular flexibility index (Phi) is 4.38. The van der Waals surface area contributed by atoms with Crippen LogP contribution in [0.15, 0.2) is 24.3 Å². The van der Waals surface area contributed by atoms with E-state index in [0.29, 0.717) is 18.1 Å². The van der Waals surface area contributed by atoms with Crippen LogP contribution in [0.2, 0.25) is 0 Å². The number of para-hydroxylation sites is 1. The van der Waals surface area contributed by atoms with Gasteiger partial charge in [0.05, 0.1) is 16.1 Å². The maximum atomic E-state index is 12.3. The molecular formula is C16H19N3O2S. The number of anilines is 1. The van der Waals surface area contributed by atoms with Crippen molar-refractivity contribution < 1.29 is 9.59 Å². The highest BCUT2D eigenvalue weighted by molar-refractivity contribution is 7.22. The smallest absolute Gasteiger partial charge is 0.231 e. The molecular weight excluding hydrogens is 298 g/mol. The molecule has 6 heteroatoms. The molecule has 0 spiro atoms. The Morgan fingerprint density at radius 2 is 2.27 bits per heavy atom. The molecule has 1 fully saturated rings. The number of benzene rings is 1. The Labute approximate surface area is 133 Å². The van der Waals surface area contributed by atoms with Crippen molar-refractivity contribution in [1.29, 1.82) is 0 Å². The minimum atomic E-state index is -0.267. The highest BCUT2D eigenvalue weighted by atomic mass is 32.1. The van der Waals surface area contributed by atoms with Crippen molar-refractivity contribution in [1.82, 2.24) is 9.88 Å². The number of nitrogens with zero attached hydrogens (tertiary/aromatic N) is 2. The summed E-state index contributed by atoms with van der Waals surface area (Å²) in [5.41, 5.74) is 0.884. The molecule has 2 heterocycles. The van der Waals surface area contributed by atoms with Crippen LogP contribution in [0, 0.1) is 5.92 Å². The molecule has 1 N–H and O–H groups in total. The maximum absolute atomic E-state index is 12.3. The second-order valence-corrected chi connectivity index (χ2v) is 6.60. The Bertz CT molecular complexity index is 665. The van der Waals surface area contributed by atoms with E-state index in [1.807, 2.05) is 24.3 Å². The van der Waals surface area contributed by atoms with Crippen molar-refractivity contribution in [2.75, 3.05) is 18.4 Å². The van der Waals surface area contributed by atoms with Gasteiger partial charge in [-0.05, 0) is 18.6 Å². The van der Waals surface area contributed by atoms with E-state index < -0.39 is 0 Å². The van der Waals surface area contributed by atoms with Gasteiger partial charge in [0, 0.05) is 19.5 Å². The van der Waals surface area contributed by atoms with E-state index in [2.05, 4.69) is 17.2 Å². The molecule has 0 saturated carbocycles. The highest BCUT2D eigenvalue weighted by Crippen LogP contribution is 2.27. The number of rotatable bonds is 5. The molecule has 3 rings (SSSR count). The second-order valence-electron chi connectivity index (χ2n) is 5.57. The lowest BCUT2D eigenvalue weighted by Gasteiger charge is -2.15. The minimum Gasteiger partial charge on any atom is -0.342 e. The molecule has 1 saturated heterocycles. The zero-order valence-electron chi connectivity index (χ0n) is 12.5. The van der Waals surface area contributed by atoms with Crippen LogP contribution in [-0.2, 0) is 9.59 Å². The van der Waals surface area contributed by atoms with Gasteiger partial charge in [-0.1, -0.05) is 36.8 Å². The van der Waals surface area contributed by atoms with Gasteiger partial charge in [0.2, 0.25) is 11.8 Å². The van der Waals surface area contributed by atoms with Crippen LogP contribution in [0.4, 0.5) is 5.13 Å². The monoisotopic (exact) mass is 317 g/mol. The van der Waals surface area contributed by atoms with E-state index in [-0.39, 0.29) is 17.7 Å². The normalized spacial score (nSPS) is 18.1. The standard InChI is InChI=1S/C16H19N3O2S/c1-2-3-8-19-10-11(9-14(19)20)15(21)18-16-17-12-6-4-5-7-13(12)22-16/h4-7,11H,2-3,8-10H2,1H3,(H,17,18,21)/t11-/m0/s1. The predicted molar refractivity (Wildman–Crippen MR) is 87.8 cm³/mol. The number of unbranched alkanes of at least 4 members (excludes halogenated alkanes) is 1. The van der Waals surface area contributed by atoms with Crippen LogP contribution >= 0.6 is 11.3 Å². The summed E-state index contributed by atoms with van der Waals surface area (Å²) in [4.78, 5) is 30.5. The van der Waals surface area contributed by atoms with Crippen molar-refractivity contribution in [3.63, 3.8) is 0 Å². The van der Waals surface area contributed by atoms with E-state index in [4.69, 9.17) is 0 Å². The maximum Gasteiger partial charge on any atom is 0.231 e.